The Labute approximate surface area is 183 Å². The summed E-state index contributed by atoms with van der Waals surface area (Å²) in [5.74, 6) is 0.782. The van der Waals surface area contributed by atoms with Crippen LogP contribution in [0.1, 0.15) is 36.0 Å². The summed E-state index contributed by atoms with van der Waals surface area (Å²) in [6, 6.07) is 9.41. The van der Waals surface area contributed by atoms with E-state index in [2.05, 4.69) is 5.32 Å². The fourth-order valence-electron chi connectivity index (χ4n) is 3.56. The Morgan fingerprint density at radius 2 is 1.45 bits per heavy atom. The molecule has 0 spiro atoms. The number of amides is 1. The molecule has 0 bridgehead atoms. The molecule has 1 amide bonds. The first-order valence-corrected chi connectivity index (χ1v) is 11.6. The van der Waals surface area contributed by atoms with Crippen molar-refractivity contribution in [2.45, 2.75) is 30.6 Å². The molecule has 1 saturated heterocycles. The molecule has 31 heavy (non-hydrogen) atoms. The van der Waals surface area contributed by atoms with Crippen molar-refractivity contribution in [2.24, 2.45) is 0 Å². The summed E-state index contributed by atoms with van der Waals surface area (Å²) in [5.41, 5.74) is 0.708. The van der Waals surface area contributed by atoms with Gasteiger partial charge in [-0.15, -0.1) is 0 Å². The number of ether oxygens (including phenoxy) is 3. The molecule has 0 aromatic heterocycles. The largest absolute Gasteiger partial charge is 0.495 e. The van der Waals surface area contributed by atoms with E-state index in [0.29, 0.717) is 30.3 Å². The Balaban J connectivity index is 1.90. The summed E-state index contributed by atoms with van der Waals surface area (Å²) in [4.78, 5) is 12.8. The topological polar surface area (TPSA) is 94.2 Å². The molecule has 2 aromatic rings. The van der Waals surface area contributed by atoms with E-state index in [-0.39, 0.29) is 16.2 Å². The molecule has 1 heterocycles. The molecule has 1 aliphatic heterocycles. The first-order valence-electron chi connectivity index (χ1n) is 10.1. The molecule has 0 atom stereocenters. The van der Waals surface area contributed by atoms with Crippen LogP contribution >= 0.6 is 0 Å². The molecular formula is C22H28N2O6S. The van der Waals surface area contributed by atoms with Crippen molar-refractivity contribution < 1.29 is 27.4 Å². The molecule has 1 N–H and O–H groups in total. The van der Waals surface area contributed by atoms with Crippen molar-refractivity contribution >= 4 is 21.6 Å². The Morgan fingerprint density at radius 1 is 0.839 bits per heavy atom. The van der Waals surface area contributed by atoms with E-state index in [1.807, 2.05) is 0 Å². The van der Waals surface area contributed by atoms with E-state index in [0.717, 1.165) is 25.7 Å². The maximum atomic E-state index is 13.3. The number of nitrogens with one attached hydrogen (secondary N) is 1. The minimum Gasteiger partial charge on any atom is -0.495 e. The monoisotopic (exact) mass is 448 g/mol. The molecule has 0 unspecified atom stereocenters. The fourth-order valence-corrected chi connectivity index (χ4v) is 5.26. The first-order chi connectivity index (χ1) is 14.9. The summed E-state index contributed by atoms with van der Waals surface area (Å²) in [6.45, 7) is 0.932. The van der Waals surface area contributed by atoms with Gasteiger partial charge in [-0.05, 0) is 43.2 Å². The van der Waals surface area contributed by atoms with E-state index in [1.165, 1.54) is 43.8 Å². The van der Waals surface area contributed by atoms with E-state index >= 15 is 0 Å². The average molecular weight is 449 g/mol. The number of hydrogen-bond donors (Lipinski definition) is 1. The Bertz CT molecular complexity index is 1030. The highest BCUT2D eigenvalue weighted by molar-refractivity contribution is 7.89. The standard InChI is InChI=1S/C22H28N2O6S/c1-28-18-11-9-17(15-20(18)30-3)23-22(25)16-8-10-19(29-2)21(14-16)31(26,27)24-12-6-4-5-7-13-24/h8-11,14-15H,4-7,12-13H2,1-3H3,(H,23,25). The molecule has 2 aromatic carbocycles. The molecule has 0 saturated carbocycles. The van der Waals surface area contributed by atoms with Crippen LogP contribution in [0, 0.1) is 0 Å². The van der Waals surface area contributed by atoms with Crippen molar-refractivity contribution in [2.75, 3.05) is 39.7 Å². The lowest BCUT2D eigenvalue weighted by Crippen LogP contribution is -2.32. The quantitative estimate of drug-likeness (QED) is 0.696. The molecule has 1 aliphatic rings. The predicted octanol–water partition coefficient (Wildman–Crippen LogP) is 3.53. The number of nitrogens with zero attached hydrogens (tertiary/aromatic N) is 1. The summed E-state index contributed by atoms with van der Waals surface area (Å²) < 4.78 is 43.8. The third-order valence-corrected chi connectivity index (χ3v) is 7.17. The van der Waals surface area contributed by atoms with Gasteiger partial charge in [0, 0.05) is 30.4 Å². The van der Waals surface area contributed by atoms with Crippen LogP contribution in [0.25, 0.3) is 0 Å². The number of hydrogen-bond acceptors (Lipinski definition) is 6. The number of benzene rings is 2. The number of carbonyl (C=O) groups is 1. The second kappa shape index (κ2) is 10.0. The maximum absolute atomic E-state index is 13.3. The lowest BCUT2D eigenvalue weighted by atomic mass is 10.2. The van der Waals surface area contributed by atoms with E-state index in [4.69, 9.17) is 14.2 Å². The van der Waals surface area contributed by atoms with Crippen LogP contribution in [-0.2, 0) is 10.0 Å². The van der Waals surface area contributed by atoms with Crippen LogP contribution in [0.3, 0.4) is 0 Å². The highest BCUT2D eigenvalue weighted by Crippen LogP contribution is 2.31. The number of anilines is 1. The molecule has 9 heteroatoms. The second-order valence-electron chi connectivity index (χ2n) is 7.21. The van der Waals surface area contributed by atoms with Gasteiger partial charge in [-0.25, -0.2) is 8.42 Å². The van der Waals surface area contributed by atoms with Gasteiger partial charge in [0.05, 0.1) is 21.3 Å². The fraction of sp³-hybridized carbons (Fsp3) is 0.409. The molecule has 0 aliphatic carbocycles. The minimum absolute atomic E-state index is 0.00291. The molecule has 168 valence electrons. The number of sulfonamides is 1. The van der Waals surface area contributed by atoms with Crippen LogP contribution in [0.2, 0.25) is 0 Å². The van der Waals surface area contributed by atoms with Gasteiger partial charge in [0.2, 0.25) is 10.0 Å². The summed E-state index contributed by atoms with van der Waals surface area (Å²) in [6.07, 6.45) is 3.66. The van der Waals surface area contributed by atoms with Crippen molar-refractivity contribution in [1.82, 2.24) is 4.31 Å². The zero-order chi connectivity index (χ0) is 22.4. The van der Waals surface area contributed by atoms with Crippen LogP contribution in [-0.4, -0.2) is 53.0 Å². The zero-order valence-corrected chi connectivity index (χ0v) is 18.8. The zero-order valence-electron chi connectivity index (χ0n) is 18.0. The second-order valence-corrected chi connectivity index (χ2v) is 9.11. The van der Waals surface area contributed by atoms with Crippen LogP contribution < -0.4 is 19.5 Å². The van der Waals surface area contributed by atoms with E-state index in [1.54, 1.807) is 18.2 Å². The molecule has 8 nitrogen and oxygen atoms in total. The summed E-state index contributed by atoms with van der Waals surface area (Å²) in [5, 5.41) is 2.77. The van der Waals surface area contributed by atoms with E-state index in [9.17, 15) is 13.2 Å². The van der Waals surface area contributed by atoms with Gasteiger partial charge >= 0.3 is 0 Å². The third-order valence-electron chi connectivity index (χ3n) is 5.25. The lowest BCUT2D eigenvalue weighted by Gasteiger charge is -2.21. The SMILES string of the molecule is COc1ccc(NC(=O)c2ccc(OC)c(S(=O)(=O)N3CCCCCC3)c2)cc1OC. The van der Waals surface area contributed by atoms with Crippen molar-refractivity contribution in [1.29, 1.82) is 0 Å². The third kappa shape index (κ3) is 5.11. The van der Waals surface area contributed by atoms with Gasteiger partial charge in [-0.3, -0.25) is 4.79 Å². The molecule has 0 radical (unpaired) electrons. The van der Waals surface area contributed by atoms with Crippen LogP contribution in [0.15, 0.2) is 41.3 Å². The van der Waals surface area contributed by atoms with Crippen molar-refractivity contribution in [3.8, 4) is 17.2 Å². The van der Waals surface area contributed by atoms with Gasteiger partial charge in [-0.1, -0.05) is 12.8 Å². The number of rotatable bonds is 7. The Kier molecular flexibility index (Phi) is 7.40. The van der Waals surface area contributed by atoms with Gasteiger partial charge < -0.3 is 19.5 Å². The molecular weight excluding hydrogens is 420 g/mol. The van der Waals surface area contributed by atoms with Gasteiger partial charge in [0.1, 0.15) is 10.6 Å². The Hall–Kier alpha value is -2.78. The van der Waals surface area contributed by atoms with Gasteiger partial charge in [0.25, 0.3) is 5.91 Å². The Morgan fingerprint density at radius 3 is 2.06 bits per heavy atom. The predicted molar refractivity (Wildman–Crippen MR) is 118 cm³/mol. The van der Waals surface area contributed by atoms with Gasteiger partial charge in [0.15, 0.2) is 11.5 Å². The molecule has 1 fully saturated rings. The highest BCUT2D eigenvalue weighted by atomic mass is 32.2. The number of carbonyl (C=O) groups excluding carboxylic acids is 1. The van der Waals surface area contributed by atoms with Crippen LogP contribution in [0.4, 0.5) is 5.69 Å². The lowest BCUT2D eigenvalue weighted by molar-refractivity contribution is 0.102. The normalized spacial score (nSPS) is 15.1. The van der Waals surface area contributed by atoms with Crippen molar-refractivity contribution in [3.05, 3.63) is 42.0 Å². The summed E-state index contributed by atoms with van der Waals surface area (Å²) >= 11 is 0. The maximum Gasteiger partial charge on any atom is 0.255 e. The van der Waals surface area contributed by atoms with Crippen molar-refractivity contribution in [3.63, 3.8) is 0 Å². The minimum atomic E-state index is -3.78. The summed E-state index contributed by atoms with van der Waals surface area (Å²) in [7, 11) is 0.666. The molecule has 3 rings (SSSR count). The first kappa shape index (κ1) is 22.9. The van der Waals surface area contributed by atoms with Gasteiger partial charge in [-0.2, -0.15) is 4.31 Å². The highest BCUT2D eigenvalue weighted by Gasteiger charge is 2.29. The average Bonchev–Trinajstić information content (AvgIpc) is 3.08. The number of methoxy groups -OCH3 is 3. The van der Waals surface area contributed by atoms with E-state index < -0.39 is 15.9 Å². The smallest absolute Gasteiger partial charge is 0.255 e. The van der Waals surface area contributed by atoms with Crippen LogP contribution in [0.5, 0.6) is 17.2 Å².